The Morgan fingerprint density at radius 2 is 2.20 bits per heavy atom. The van der Waals surface area contributed by atoms with Crippen molar-refractivity contribution < 1.29 is 9.82 Å². The molecule has 3 N–H and O–H groups in total. The van der Waals surface area contributed by atoms with Crippen LogP contribution in [0, 0.1) is 0 Å². The van der Waals surface area contributed by atoms with Gasteiger partial charge in [-0.1, -0.05) is 0 Å². The molecule has 5 heteroatoms. The molecule has 0 aromatic rings. The Balaban J connectivity index is 3.61. The van der Waals surface area contributed by atoms with Crippen LogP contribution in [0.15, 0.2) is 0 Å². The Bertz CT molecular complexity index is 120. The average molecular weight is 144 g/mol. The van der Waals surface area contributed by atoms with E-state index >= 15 is 0 Å². The van der Waals surface area contributed by atoms with Crippen molar-refractivity contribution in [3.63, 3.8) is 0 Å². The second kappa shape index (κ2) is 4.30. The molecule has 0 spiro atoms. The number of hydrogen-bond acceptors (Lipinski definition) is 3. The van der Waals surface area contributed by atoms with Gasteiger partial charge in [0.25, 0.3) is 0 Å². The Labute approximate surface area is 61.1 Å². The van der Waals surface area contributed by atoms with Crippen molar-refractivity contribution in [3.8, 4) is 0 Å². The van der Waals surface area contributed by atoms with E-state index in [0.717, 1.165) is 0 Å². The van der Waals surface area contributed by atoms with Gasteiger partial charge in [0.1, 0.15) is 0 Å². The van der Waals surface area contributed by atoms with Crippen LogP contribution < -0.4 is 10.5 Å². The minimum Gasteiger partial charge on any atom is -0.436 e. The first kappa shape index (κ1) is 9.45. The van der Waals surface area contributed by atoms with E-state index in [9.17, 15) is 4.79 Å². The van der Waals surface area contributed by atoms with Crippen LogP contribution in [0.1, 0.15) is 13.8 Å². The minimum atomic E-state index is -0.677. The molecule has 0 rings (SSSR count). The minimum absolute atomic E-state index is 0.137. The molecule has 58 valence electrons. The molecule has 0 aliphatic carbocycles. The number of nitrogens with one attached hydrogen (secondary N) is 2. The molecule has 0 aromatic carbocycles. The van der Waals surface area contributed by atoms with Crippen molar-refractivity contribution in [3.05, 3.63) is 0 Å². The molecule has 0 bridgehead atoms. The second-order valence-corrected chi connectivity index (χ2v) is 2.22. The first-order chi connectivity index (χ1) is 4.57. The molecule has 10 heavy (non-hydrogen) atoms. The summed E-state index contributed by atoms with van der Waals surface area (Å²) in [5.74, 6) is -0.385. The molecular formula is C5H13BN2O2. The predicted octanol–water partition coefficient (Wildman–Crippen LogP) is -1.25. The van der Waals surface area contributed by atoms with Crippen LogP contribution in [0.4, 0.5) is 0 Å². The summed E-state index contributed by atoms with van der Waals surface area (Å²) >= 11 is 0. The third-order valence-corrected chi connectivity index (χ3v) is 1.20. The fourth-order valence-corrected chi connectivity index (χ4v) is 0.650. The average Bonchev–Trinajstić information content (AvgIpc) is 1.85. The van der Waals surface area contributed by atoms with Gasteiger partial charge in [-0.2, -0.15) is 0 Å². The molecule has 0 saturated heterocycles. The molecule has 0 aromatic heterocycles. The van der Waals surface area contributed by atoms with Gasteiger partial charge in [-0.25, -0.2) is 0 Å². The van der Waals surface area contributed by atoms with E-state index in [1.54, 1.807) is 14.0 Å². The zero-order valence-corrected chi connectivity index (χ0v) is 6.51. The summed E-state index contributed by atoms with van der Waals surface area (Å²) in [4.78, 5) is 10.4. The maximum atomic E-state index is 10.4. The van der Waals surface area contributed by atoms with Crippen LogP contribution in [-0.2, 0) is 4.79 Å². The maximum Gasteiger partial charge on any atom is 0.400 e. The lowest BCUT2D eigenvalue weighted by Gasteiger charge is -2.13. The molecule has 0 saturated carbocycles. The smallest absolute Gasteiger partial charge is 0.400 e. The van der Waals surface area contributed by atoms with Gasteiger partial charge in [-0.05, 0) is 14.0 Å². The fraction of sp³-hybridized carbons (Fsp3) is 0.800. The predicted molar refractivity (Wildman–Crippen MR) is 40.3 cm³/mol. The van der Waals surface area contributed by atoms with Gasteiger partial charge >= 0.3 is 7.05 Å². The van der Waals surface area contributed by atoms with Gasteiger partial charge in [-0.3, -0.25) is 4.79 Å². The largest absolute Gasteiger partial charge is 0.436 e. The first-order valence-corrected chi connectivity index (χ1v) is 3.20. The lowest BCUT2D eigenvalue weighted by molar-refractivity contribution is -0.119. The van der Waals surface area contributed by atoms with Gasteiger partial charge in [0.2, 0.25) is 5.91 Å². The summed E-state index contributed by atoms with van der Waals surface area (Å²) < 4.78 is 0. The van der Waals surface area contributed by atoms with E-state index in [1.165, 1.54) is 6.92 Å². The van der Waals surface area contributed by atoms with Gasteiger partial charge in [0.15, 0.2) is 0 Å². The van der Waals surface area contributed by atoms with E-state index in [0.29, 0.717) is 0 Å². The molecule has 0 radical (unpaired) electrons. The van der Waals surface area contributed by atoms with Gasteiger partial charge in [-0.15, -0.1) is 0 Å². The highest BCUT2D eigenvalue weighted by atomic mass is 16.2. The third kappa shape index (κ3) is 3.47. The molecular weight excluding hydrogens is 131 g/mol. The molecule has 1 atom stereocenters. The normalized spacial score (nSPS) is 12.4. The summed E-state index contributed by atoms with van der Waals surface area (Å²) in [6, 6.07) is 0. The molecule has 0 aliphatic rings. The van der Waals surface area contributed by atoms with Gasteiger partial charge in [0.05, 0.1) is 0 Å². The Kier molecular flexibility index (Phi) is 4.06. The summed E-state index contributed by atoms with van der Waals surface area (Å²) in [5, 5.41) is 14.2. The molecule has 0 fully saturated rings. The first-order valence-electron chi connectivity index (χ1n) is 3.20. The van der Waals surface area contributed by atoms with Crippen LogP contribution in [0.2, 0.25) is 0 Å². The fourth-order valence-electron chi connectivity index (χ4n) is 0.650. The highest BCUT2D eigenvalue weighted by Gasteiger charge is 2.18. The Morgan fingerprint density at radius 1 is 1.70 bits per heavy atom. The van der Waals surface area contributed by atoms with Crippen molar-refractivity contribution in [2.45, 2.75) is 19.8 Å². The summed E-state index contributed by atoms with van der Waals surface area (Å²) in [6.45, 7) is 3.14. The van der Waals surface area contributed by atoms with Crippen molar-refractivity contribution in [2.75, 3.05) is 7.05 Å². The van der Waals surface area contributed by atoms with Gasteiger partial charge in [0, 0.05) is 12.9 Å². The Morgan fingerprint density at radius 3 is 2.50 bits per heavy atom. The third-order valence-electron chi connectivity index (χ3n) is 1.20. The van der Waals surface area contributed by atoms with Crippen molar-refractivity contribution >= 4 is 13.0 Å². The number of hydrogen-bond donors (Lipinski definition) is 3. The number of carbonyl (C=O) groups excluding carboxylic acids is 1. The van der Waals surface area contributed by atoms with Crippen molar-refractivity contribution in [1.29, 1.82) is 0 Å². The number of amides is 1. The lowest BCUT2D eigenvalue weighted by atomic mass is 9.75. The van der Waals surface area contributed by atoms with Crippen molar-refractivity contribution in [2.24, 2.45) is 0 Å². The highest BCUT2D eigenvalue weighted by molar-refractivity contribution is 6.49. The van der Waals surface area contributed by atoms with Crippen LogP contribution >= 0.6 is 0 Å². The molecule has 1 unspecified atom stereocenters. The Hall–Kier alpha value is -0.545. The van der Waals surface area contributed by atoms with E-state index in [2.05, 4.69) is 10.5 Å². The van der Waals surface area contributed by atoms with E-state index < -0.39 is 7.05 Å². The van der Waals surface area contributed by atoms with Crippen LogP contribution in [0.5, 0.6) is 0 Å². The second-order valence-electron chi connectivity index (χ2n) is 2.22. The SMILES string of the molecule is CNB(O)C(C)NC(C)=O. The number of carbonyl (C=O) groups is 1. The summed E-state index contributed by atoms with van der Waals surface area (Å²) in [7, 11) is 0.951. The number of rotatable bonds is 3. The van der Waals surface area contributed by atoms with E-state index in [-0.39, 0.29) is 11.8 Å². The van der Waals surface area contributed by atoms with E-state index in [1.807, 2.05) is 0 Å². The van der Waals surface area contributed by atoms with Crippen LogP contribution in [-0.4, -0.2) is 31.0 Å². The highest BCUT2D eigenvalue weighted by Crippen LogP contribution is 1.81. The standard InChI is InChI=1S/C5H13BN2O2/c1-4(6(10)7-3)8-5(2)9/h4,7,10H,1-3H3,(H,8,9). The quantitative estimate of drug-likeness (QED) is 0.433. The van der Waals surface area contributed by atoms with Crippen molar-refractivity contribution in [1.82, 2.24) is 10.5 Å². The lowest BCUT2D eigenvalue weighted by Crippen LogP contribution is -2.50. The zero-order valence-electron chi connectivity index (χ0n) is 6.51. The molecule has 1 amide bonds. The van der Waals surface area contributed by atoms with Crippen LogP contribution in [0.3, 0.4) is 0 Å². The zero-order chi connectivity index (χ0) is 8.15. The monoisotopic (exact) mass is 144 g/mol. The van der Waals surface area contributed by atoms with Gasteiger partial charge < -0.3 is 15.6 Å². The molecule has 4 nitrogen and oxygen atoms in total. The molecule has 0 aliphatic heterocycles. The van der Waals surface area contributed by atoms with E-state index in [4.69, 9.17) is 5.02 Å². The summed E-state index contributed by atoms with van der Waals surface area (Å²) in [5.41, 5.74) is 0. The summed E-state index contributed by atoms with van der Waals surface area (Å²) in [6.07, 6.45) is 0. The van der Waals surface area contributed by atoms with Crippen LogP contribution in [0.25, 0.3) is 0 Å². The molecule has 0 heterocycles. The maximum absolute atomic E-state index is 10.4. The topological polar surface area (TPSA) is 61.4 Å².